The lowest BCUT2D eigenvalue weighted by molar-refractivity contribution is -0.302. The molecule has 6 N–H and O–H groups in total. The van der Waals surface area contributed by atoms with Gasteiger partial charge in [-0.2, -0.15) is 0 Å². The molecule has 1 aliphatic rings. The molecular formula is C37H69NO8. The molecule has 46 heavy (non-hydrogen) atoms. The number of carbonyl (C=O) groups is 1. The first-order valence-electron chi connectivity index (χ1n) is 18.6. The van der Waals surface area contributed by atoms with Crippen molar-refractivity contribution in [1.82, 2.24) is 5.32 Å². The Hall–Kier alpha value is -1.33. The Bertz CT molecular complexity index is 776. The van der Waals surface area contributed by atoms with Gasteiger partial charge in [0.15, 0.2) is 6.29 Å². The molecule has 0 aliphatic carbocycles. The number of aliphatic hydroxyl groups excluding tert-OH is 5. The summed E-state index contributed by atoms with van der Waals surface area (Å²) in [6, 6.07) is -0.802. The molecule has 1 amide bonds. The summed E-state index contributed by atoms with van der Waals surface area (Å²) >= 11 is 0. The monoisotopic (exact) mass is 656 g/mol. The lowest BCUT2D eigenvalue weighted by Crippen LogP contribution is -2.60. The van der Waals surface area contributed by atoms with Gasteiger partial charge in [0.2, 0.25) is 5.91 Å². The number of amides is 1. The lowest BCUT2D eigenvalue weighted by Gasteiger charge is -2.40. The lowest BCUT2D eigenvalue weighted by atomic mass is 9.99. The molecule has 0 saturated carbocycles. The number of hydrogen-bond donors (Lipinski definition) is 6. The van der Waals surface area contributed by atoms with E-state index in [9.17, 15) is 30.3 Å². The van der Waals surface area contributed by atoms with Gasteiger partial charge in [0, 0.05) is 6.42 Å². The van der Waals surface area contributed by atoms with E-state index in [1.807, 2.05) is 6.08 Å². The zero-order valence-corrected chi connectivity index (χ0v) is 29.1. The van der Waals surface area contributed by atoms with E-state index in [-0.39, 0.29) is 12.5 Å². The fourth-order valence-electron chi connectivity index (χ4n) is 5.66. The second-order valence-electron chi connectivity index (χ2n) is 13.0. The number of nitrogens with one attached hydrogen (secondary N) is 1. The molecule has 1 rings (SSSR count). The van der Waals surface area contributed by atoms with Crippen molar-refractivity contribution >= 4 is 5.91 Å². The maximum atomic E-state index is 12.8. The number of carbonyl (C=O) groups excluding carboxylic acids is 1. The Morgan fingerprint density at radius 1 is 0.717 bits per heavy atom. The van der Waals surface area contributed by atoms with Crippen LogP contribution in [0, 0.1) is 0 Å². The van der Waals surface area contributed by atoms with Gasteiger partial charge in [-0.25, -0.2) is 0 Å². The largest absolute Gasteiger partial charge is 0.394 e. The molecule has 0 aromatic heterocycles. The summed E-state index contributed by atoms with van der Waals surface area (Å²) in [7, 11) is 0. The van der Waals surface area contributed by atoms with E-state index in [1.165, 1.54) is 64.2 Å². The Balaban J connectivity index is 2.50. The van der Waals surface area contributed by atoms with Crippen molar-refractivity contribution in [2.24, 2.45) is 0 Å². The summed E-state index contributed by atoms with van der Waals surface area (Å²) < 4.78 is 11.1. The zero-order valence-electron chi connectivity index (χ0n) is 29.1. The van der Waals surface area contributed by atoms with Crippen molar-refractivity contribution < 1.29 is 39.8 Å². The summed E-state index contributed by atoms with van der Waals surface area (Å²) in [5, 5.41) is 53.8. The molecule has 7 atom stereocenters. The van der Waals surface area contributed by atoms with Crippen LogP contribution in [0.1, 0.15) is 149 Å². The standard InChI is InChI=1S/C37H69NO8/c1-3-5-7-9-11-13-15-17-18-20-22-24-26-31(40)30(29-45-37-36(44)35(43)34(42)32(28-39)46-37)38-33(41)27-25-23-21-19-16-14-12-10-8-6-4-2/h10,12,24,26,30-32,34-37,39-40,42-44H,3-9,11,13-23,25,27-29H2,1-2H3,(H,38,41)/b12-10-,26-24+. The maximum Gasteiger partial charge on any atom is 0.220 e. The van der Waals surface area contributed by atoms with Crippen LogP contribution in [-0.2, 0) is 14.3 Å². The van der Waals surface area contributed by atoms with Gasteiger partial charge in [-0.15, -0.1) is 0 Å². The van der Waals surface area contributed by atoms with Crippen LogP contribution in [0.4, 0.5) is 0 Å². The van der Waals surface area contributed by atoms with Gasteiger partial charge in [-0.3, -0.25) is 4.79 Å². The first-order valence-corrected chi connectivity index (χ1v) is 18.6. The molecule has 0 aromatic carbocycles. The minimum Gasteiger partial charge on any atom is -0.394 e. The number of aliphatic hydroxyl groups is 5. The Morgan fingerprint density at radius 2 is 1.24 bits per heavy atom. The smallest absolute Gasteiger partial charge is 0.220 e. The van der Waals surface area contributed by atoms with Crippen molar-refractivity contribution in [3.8, 4) is 0 Å². The first-order chi connectivity index (χ1) is 22.3. The number of unbranched alkanes of at least 4 members (excludes halogenated alkanes) is 17. The van der Waals surface area contributed by atoms with Crippen molar-refractivity contribution in [3.63, 3.8) is 0 Å². The van der Waals surface area contributed by atoms with Gasteiger partial charge >= 0.3 is 0 Å². The van der Waals surface area contributed by atoms with Crippen LogP contribution in [0.15, 0.2) is 24.3 Å². The van der Waals surface area contributed by atoms with E-state index in [4.69, 9.17) is 9.47 Å². The van der Waals surface area contributed by atoms with Crippen LogP contribution in [-0.4, -0.2) is 87.5 Å². The van der Waals surface area contributed by atoms with Crippen LogP contribution in [0.5, 0.6) is 0 Å². The van der Waals surface area contributed by atoms with E-state index in [0.29, 0.717) is 6.42 Å². The number of ether oxygens (including phenoxy) is 2. The predicted molar refractivity (Wildman–Crippen MR) is 184 cm³/mol. The minimum absolute atomic E-state index is 0.191. The van der Waals surface area contributed by atoms with Gasteiger partial charge in [0.1, 0.15) is 24.4 Å². The molecule has 0 radical (unpaired) electrons. The van der Waals surface area contributed by atoms with Crippen molar-refractivity contribution in [1.29, 1.82) is 0 Å². The third-order valence-corrected chi connectivity index (χ3v) is 8.77. The Kier molecular flexibility index (Phi) is 26.6. The fourth-order valence-corrected chi connectivity index (χ4v) is 5.66. The van der Waals surface area contributed by atoms with Gasteiger partial charge < -0.3 is 40.3 Å². The van der Waals surface area contributed by atoms with Gasteiger partial charge in [-0.1, -0.05) is 128 Å². The van der Waals surface area contributed by atoms with Gasteiger partial charge in [0.05, 0.1) is 25.4 Å². The Morgan fingerprint density at radius 3 is 1.83 bits per heavy atom. The summed E-state index contributed by atoms with van der Waals surface area (Å²) in [4.78, 5) is 12.8. The Labute approximate surface area is 279 Å². The van der Waals surface area contributed by atoms with Crippen LogP contribution in [0.3, 0.4) is 0 Å². The topological polar surface area (TPSA) is 149 Å². The average Bonchev–Trinajstić information content (AvgIpc) is 3.05. The molecule has 1 heterocycles. The van der Waals surface area contributed by atoms with E-state index >= 15 is 0 Å². The van der Waals surface area contributed by atoms with E-state index < -0.39 is 49.5 Å². The molecule has 0 spiro atoms. The van der Waals surface area contributed by atoms with E-state index in [1.54, 1.807) is 6.08 Å². The maximum absolute atomic E-state index is 12.8. The molecular weight excluding hydrogens is 586 g/mol. The molecule has 7 unspecified atom stereocenters. The van der Waals surface area contributed by atoms with Gasteiger partial charge in [0.25, 0.3) is 0 Å². The minimum atomic E-state index is -1.56. The summed E-state index contributed by atoms with van der Waals surface area (Å²) in [5.74, 6) is -0.191. The SMILES string of the molecule is CCCC/C=C\CCCCCCCC(=O)NC(COC1OC(CO)C(O)C(O)C1O)C(O)/C=C/CCCCCCCCCCCC. The van der Waals surface area contributed by atoms with Crippen LogP contribution < -0.4 is 5.32 Å². The molecule has 270 valence electrons. The summed E-state index contributed by atoms with van der Waals surface area (Å²) in [6.07, 6.45) is 23.6. The highest BCUT2D eigenvalue weighted by Gasteiger charge is 2.44. The predicted octanol–water partition coefficient (Wildman–Crippen LogP) is 5.99. The highest BCUT2D eigenvalue weighted by molar-refractivity contribution is 5.76. The second-order valence-corrected chi connectivity index (χ2v) is 13.0. The third-order valence-electron chi connectivity index (χ3n) is 8.77. The molecule has 1 aliphatic heterocycles. The summed E-state index contributed by atoms with van der Waals surface area (Å²) in [5.41, 5.74) is 0. The molecule has 9 nitrogen and oxygen atoms in total. The van der Waals surface area contributed by atoms with Crippen LogP contribution in [0.2, 0.25) is 0 Å². The summed E-state index contributed by atoms with van der Waals surface area (Å²) in [6.45, 7) is 3.68. The number of hydrogen-bond acceptors (Lipinski definition) is 8. The van der Waals surface area contributed by atoms with Crippen molar-refractivity contribution in [2.45, 2.75) is 192 Å². The van der Waals surface area contributed by atoms with E-state index in [0.717, 1.165) is 64.2 Å². The number of rotatable bonds is 29. The molecule has 0 bridgehead atoms. The first kappa shape index (κ1) is 42.7. The van der Waals surface area contributed by atoms with Crippen LogP contribution >= 0.6 is 0 Å². The number of allylic oxidation sites excluding steroid dienone is 3. The van der Waals surface area contributed by atoms with Crippen molar-refractivity contribution in [3.05, 3.63) is 24.3 Å². The molecule has 0 aromatic rings. The average molecular weight is 656 g/mol. The quantitative estimate of drug-likeness (QED) is 0.0425. The highest BCUT2D eigenvalue weighted by atomic mass is 16.7. The van der Waals surface area contributed by atoms with E-state index in [2.05, 4.69) is 31.3 Å². The zero-order chi connectivity index (χ0) is 33.8. The normalized spacial score (nSPS) is 23.3. The second kappa shape index (κ2) is 28.7. The highest BCUT2D eigenvalue weighted by Crippen LogP contribution is 2.22. The van der Waals surface area contributed by atoms with Crippen LogP contribution in [0.25, 0.3) is 0 Å². The van der Waals surface area contributed by atoms with Crippen molar-refractivity contribution in [2.75, 3.05) is 13.2 Å². The molecule has 9 heteroatoms. The molecule has 1 saturated heterocycles. The third kappa shape index (κ3) is 20.1. The molecule has 1 fully saturated rings. The fraction of sp³-hybridized carbons (Fsp3) is 0.865. The van der Waals surface area contributed by atoms with Gasteiger partial charge in [-0.05, 0) is 38.5 Å².